The molecule has 0 radical (unpaired) electrons. The number of aliphatic hydroxyl groups excluding tert-OH is 1. The normalized spacial score (nSPS) is 14.0. The van der Waals surface area contributed by atoms with Gasteiger partial charge in [-0.25, -0.2) is 4.39 Å². The summed E-state index contributed by atoms with van der Waals surface area (Å²) in [6.45, 7) is 1.35. The number of halogens is 1. The van der Waals surface area contributed by atoms with Crippen LogP contribution in [0.1, 0.15) is 5.56 Å². The van der Waals surface area contributed by atoms with E-state index >= 15 is 0 Å². The number of hydrogen-bond donors (Lipinski definition) is 1. The minimum absolute atomic E-state index is 0.0618. The lowest BCUT2D eigenvalue weighted by Gasteiger charge is -2.16. The molecule has 1 aliphatic heterocycles. The zero-order valence-electron chi connectivity index (χ0n) is 9.88. The Balaban J connectivity index is 1.92. The monoisotopic (exact) mass is 247 g/mol. The Morgan fingerprint density at radius 3 is 3.06 bits per heavy atom. The number of fused-ring (bicyclic) bond motifs is 1. The van der Waals surface area contributed by atoms with Gasteiger partial charge in [0.2, 0.25) is 0 Å². The molecule has 2 heterocycles. The maximum atomic E-state index is 13.3. The first-order valence-corrected chi connectivity index (χ1v) is 5.98. The number of rotatable bonds is 3. The highest BCUT2D eigenvalue weighted by molar-refractivity contribution is 5.67. The highest BCUT2D eigenvalue weighted by atomic mass is 19.1. The molecule has 0 aliphatic carbocycles. The number of benzene rings is 1. The molecule has 0 atom stereocenters. The summed E-state index contributed by atoms with van der Waals surface area (Å²) in [5.41, 5.74) is 2.04. The highest BCUT2D eigenvalue weighted by Crippen LogP contribution is 2.33. The highest BCUT2D eigenvalue weighted by Gasteiger charge is 2.22. The van der Waals surface area contributed by atoms with Crippen LogP contribution >= 0.6 is 0 Å². The second kappa shape index (κ2) is 4.42. The molecule has 0 spiro atoms. The van der Waals surface area contributed by atoms with Gasteiger partial charge in [0.1, 0.15) is 5.82 Å². The van der Waals surface area contributed by atoms with Gasteiger partial charge < -0.3 is 10.0 Å². The number of anilines is 2. The lowest BCUT2D eigenvalue weighted by Crippen LogP contribution is -2.14. The summed E-state index contributed by atoms with van der Waals surface area (Å²) in [6, 6.07) is 6.76. The van der Waals surface area contributed by atoms with Gasteiger partial charge in [0.05, 0.1) is 13.2 Å². The Labute approximate surface area is 104 Å². The number of aromatic nitrogens is 2. The average molecular weight is 247 g/mol. The molecule has 1 N–H and O–H groups in total. The molecule has 0 bridgehead atoms. The molecule has 5 heteroatoms. The second-order valence-corrected chi connectivity index (χ2v) is 4.34. The molecule has 1 aromatic carbocycles. The summed E-state index contributed by atoms with van der Waals surface area (Å²) in [4.78, 5) is 2.01. The third-order valence-corrected chi connectivity index (χ3v) is 3.18. The van der Waals surface area contributed by atoms with Crippen molar-refractivity contribution in [2.75, 3.05) is 18.1 Å². The molecule has 2 aromatic rings. The maximum Gasteiger partial charge on any atom is 0.155 e. The van der Waals surface area contributed by atoms with Gasteiger partial charge in [-0.1, -0.05) is 6.07 Å². The number of nitrogens with zero attached hydrogens (tertiary/aromatic N) is 3. The van der Waals surface area contributed by atoms with E-state index < -0.39 is 0 Å². The Kier molecular flexibility index (Phi) is 2.76. The predicted octanol–water partition coefficient (Wildman–Crippen LogP) is 1.71. The van der Waals surface area contributed by atoms with E-state index in [4.69, 9.17) is 5.11 Å². The summed E-state index contributed by atoms with van der Waals surface area (Å²) in [6.07, 6.45) is 2.73. The van der Waals surface area contributed by atoms with Gasteiger partial charge in [-0.05, 0) is 24.1 Å². The molecule has 3 rings (SSSR count). The van der Waals surface area contributed by atoms with Crippen LogP contribution in [0.5, 0.6) is 0 Å². The van der Waals surface area contributed by atoms with E-state index in [2.05, 4.69) is 5.10 Å². The topological polar surface area (TPSA) is 41.3 Å². The SMILES string of the molecule is OCCn1ccc(N2CCc3ccc(F)cc32)n1. The van der Waals surface area contributed by atoms with Crippen LogP contribution in [0.3, 0.4) is 0 Å². The molecule has 0 unspecified atom stereocenters. The van der Waals surface area contributed by atoms with E-state index in [9.17, 15) is 4.39 Å². The van der Waals surface area contributed by atoms with Crippen molar-refractivity contribution in [2.24, 2.45) is 0 Å². The first-order chi connectivity index (χ1) is 8.78. The van der Waals surface area contributed by atoms with Crippen molar-refractivity contribution < 1.29 is 9.50 Å². The zero-order chi connectivity index (χ0) is 12.5. The lowest BCUT2D eigenvalue weighted by atomic mass is 10.2. The summed E-state index contributed by atoms with van der Waals surface area (Å²) in [5.74, 6) is 0.572. The van der Waals surface area contributed by atoms with E-state index in [-0.39, 0.29) is 12.4 Å². The van der Waals surface area contributed by atoms with Gasteiger partial charge in [0, 0.05) is 24.5 Å². The summed E-state index contributed by atoms with van der Waals surface area (Å²) < 4.78 is 15.0. The van der Waals surface area contributed by atoms with Crippen LogP contribution in [-0.2, 0) is 13.0 Å². The molecule has 1 aromatic heterocycles. The van der Waals surface area contributed by atoms with Crippen LogP contribution in [0, 0.1) is 5.82 Å². The fourth-order valence-corrected chi connectivity index (χ4v) is 2.31. The molecule has 94 valence electrons. The maximum absolute atomic E-state index is 13.3. The van der Waals surface area contributed by atoms with Crippen molar-refractivity contribution in [1.82, 2.24) is 9.78 Å². The minimum Gasteiger partial charge on any atom is -0.394 e. The van der Waals surface area contributed by atoms with Crippen LogP contribution in [0.4, 0.5) is 15.9 Å². The molecular weight excluding hydrogens is 233 g/mol. The van der Waals surface area contributed by atoms with Gasteiger partial charge in [-0.15, -0.1) is 0 Å². The Morgan fingerprint density at radius 2 is 2.22 bits per heavy atom. The van der Waals surface area contributed by atoms with Gasteiger partial charge in [-0.2, -0.15) is 5.10 Å². The lowest BCUT2D eigenvalue weighted by molar-refractivity contribution is 0.269. The Bertz CT molecular complexity index is 567. The zero-order valence-corrected chi connectivity index (χ0v) is 9.88. The molecule has 18 heavy (non-hydrogen) atoms. The largest absolute Gasteiger partial charge is 0.394 e. The molecule has 0 amide bonds. The molecular formula is C13H14FN3O. The summed E-state index contributed by atoms with van der Waals surface area (Å²) in [5, 5.41) is 13.2. The van der Waals surface area contributed by atoms with Crippen molar-refractivity contribution in [3.05, 3.63) is 41.8 Å². The quantitative estimate of drug-likeness (QED) is 0.897. The Morgan fingerprint density at radius 1 is 1.33 bits per heavy atom. The fraction of sp³-hybridized carbons (Fsp3) is 0.308. The van der Waals surface area contributed by atoms with Crippen molar-refractivity contribution in [3.8, 4) is 0 Å². The van der Waals surface area contributed by atoms with Crippen LogP contribution in [0.2, 0.25) is 0 Å². The van der Waals surface area contributed by atoms with Crippen molar-refractivity contribution in [1.29, 1.82) is 0 Å². The Hall–Kier alpha value is -1.88. The van der Waals surface area contributed by atoms with E-state index in [1.165, 1.54) is 6.07 Å². The molecule has 0 fully saturated rings. The van der Waals surface area contributed by atoms with E-state index in [1.807, 2.05) is 23.2 Å². The third kappa shape index (κ3) is 1.86. The van der Waals surface area contributed by atoms with E-state index in [0.717, 1.165) is 30.0 Å². The number of aliphatic hydroxyl groups is 1. The van der Waals surface area contributed by atoms with Gasteiger partial charge in [0.25, 0.3) is 0 Å². The van der Waals surface area contributed by atoms with Gasteiger partial charge >= 0.3 is 0 Å². The van der Waals surface area contributed by atoms with Crippen molar-refractivity contribution in [3.63, 3.8) is 0 Å². The number of hydrogen-bond acceptors (Lipinski definition) is 3. The molecule has 4 nitrogen and oxygen atoms in total. The van der Waals surface area contributed by atoms with E-state index in [0.29, 0.717) is 6.54 Å². The van der Waals surface area contributed by atoms with Crippen molar-refractivity contribution >= 4 is 11.5 Å². The van der Waals surface area contributed by atoms with Crippen molar-refractivity contribution in [2.45, 2.75) is 13.0 Å². The standard InChI is InChI=1S/C13H14FN3O/c14-11-2-1-10-3-6-17(12(10)9-11)13-4-5-16(15-13)7-8-18/h1-2,4-5,9,18H,3,6-8H2. The average Bonchev–Trinajstić information content (AvgIpc) is 2.95. The van der Waals surface area contributed by atoms with Gasteiger partial charge in [0.15, 0.2) is 5.82 Å². The summed E-state index contributed by atoms with van der Waals surface area (Å²) >= 11 is 0. The van der Waals surface area contributed by atoms with Crippen LogP contribution in [0.25, 0.3) is 0 Å². The van der Waals surface area contributed by atoms with E-state index in [1.54, 1.807) is 10.7 Å². The predicted molar refractivity (Wildman–Crippen MR) is 66.4 cm³/mol. The van der Waals surface area contributed by atoms with Gasteiger partial charge in [-0.3, -0.25) is 4.68 Å². The molecule has 1 aliphatic rings. The second-order valence-electron chi connectivity index (χ2n) is 4.34. The first kappa shape index (κ1) is 11.2. The molecule has 0 saturated heterocycles. The van der Waals surface area contributed by atoms with Crippen LogP contribution in [-0.4, -0.2) is 28.0 Å². The van der Waals surface area contributed by atoms with Crippen LogP contribution < -0.4 is 4.90 Å². The smallest absolute Gasteiger partial charge is 0.155 e. The molecule has 0 saturated carbocycles. The minimum atomic E-state index is -0.226. The third-order valence-electron chi connectivity index (χ3n) is 3.18. The fourth-order valence-electron chi connectivity index (χ4n) is 2.31. The first-order valence-electron chi connectivity index (χ1n) is 5.98. The van der Waals surface area contributed by atoms with Crippen LogP contribution in [0.15, 0.2) is 30.5 Å². The summed E-state index contributed by atoms with van der Waals surface area (Å²) in [7, 11) is 0.